The highest BCUT2D eigenvalue weighted by Crippen LogP contribution is 2.13. The largest absolute Gasteiger partial charge is 0.491 e. The molecule has 1 aliphatic rings. The predicted octanol–water partition coefficient (Wildman–Crippen LogP) is 1.89. The minimum Gasteiger partial charge on any atom is -0.491 e. The molecule has 0 bridgehead atoms. The van der Waals surface area contributed by atoms with Gasteiger partial charge in [-0.2, -0.15) is 0 Å². The molecule has 1 fully saturated rings. The first-order valence-corrected chi connectivity index (χ1v) is 6.87. The average molecular weight is 280 g/mol. The lowest BCUT2D eigenvalue weighted by Crippen LogP contribution is -2.17. The van der Waals surface area contributed by atoms with Crippen LogP contribution in [0.5, 0.6) is 5.75 Å². The van der Waals surface area contributed by atoms with Crippen LogP contribution in [0.25, 0.3) is 0 Å². The molecule has 1 unspecified atom stereocenters. The van der Waals surface area contributed by atoms with E-state index in [0.717, 1.165) is 30.8 Å². The maximum absolute atomic E-state index is 10.5. The molecule has 1 saturated heterocycles. The van der Waals surface area contributed by atoms with E-state index in [1.165, 1.54) is 0 Å². The number of hydrogen-bond acceptors (Lipinski definition) is 4. The van der Waals surface area contributed by atoms with Crippen molar-refractivity contribution in [3.63, 3.8) is 0 Å². The summed E-state index contributed by atoms with van der Waals surface area (Å²) in [6.07, 6.45) is 2.47. The first kappa shape index (κ1) is 14.8. The van der Waals surface area contributed by atoms with Crippen LogP contribution in [0.4, 0.5) is 0 Å². The van der Waals surface area contributed by atoms with Crippen LogP contribution < -0.4 is 4.74 Å². The molecular formula is C15H20O5. The first-order chi connectivity index (χ1) is 9.74. The van der Waals surface area contributed by atoms with Crippen LogP contribution in [0.2, 0.25) is 0 Å². The lowest BCUT2D eigenvalue weighted by atomic mass is 10.1. The van der Waals surface area contributed by atoms with Crippen molar-refractivity contribution in [2.24, 2.45) is 0 Å². The Morgan fingerprint density at radius 1 is 1.30 bits per heavy atom. The molecule has 1 aromatic carbocycles. The molecule has 0 amide bonds. The van der Waals surface area contributed by atoms with Gasteiger partial charge in [0, 0.05) is 6.61 Å². The van der Waals surface area contributed by atoms with Gasteiger partial charge in [0.05, 0.1) is 25.7 Å². The summed E-state index contributed by atoms with van der Waals surface area (Å²) in [6.45, 7) is 2.47. The summed E-state index contributed by atoms with van der Waals surface area (Å²) in [5.41, 5.74) is 0.763. The maximum atomic E-state index is 10.5. The van der Waals surface area contributed by atoms with Gasteiger partial charge in [0.1, 0.15) is 12.4 Å². The first-order valence-electron chi connectivity index (χ1n) is 6.87. The standard InChI is InChI=1S/C15H20O5/c16-15(17)10-12-3-5-13(6-4-12)20-9-8-18-11-14-2-1-7-19-14/h3-6,14H,1-2,7-11H2,(H,16,17). The molecule has 0 spiro atoms. The molecule has 0 radical (unpaired) electrons. The van der Waals surface area contributed by atoms with E-state index in [0.29, 0.717) is 19.8 Å². The third-order valence-corrected chi connectivity index (χ3v) is 3.10. The van der Waals surface area contributed by atoms with Gasteiger partial charge in [0.15, 0.2) is 0 Å². The molecule has 0 aromatic heterocycles. The van der Waals surface area contributed by atoms with Crippen LogP contribution in [0, 0.1) is 0 Å². The molecule has 0 aliphatic carbocycles. The Labute approximate surface area is 118 Å². The van der Waals surface area contributed by atoms with Crippen molar-refractivity contribution in [3.8, 4) is 5.75 Å². The van der Waals surface area contributed by atoms with Gasteiger partial charge in [-0.05, 0) is 30.5 Å². The number of benzene rings is 1. The monoisotopic (exact) mass is 280 g/mol. The molecular weight excluding hydrogens is 260 g/mol. The average Bonchev–Trinajstić information content (AvgIpc) is 2.93. The Morgan fingerprint density at radius 3 is 2.75 bits per heavy atom. The van der Waals surface area contributed by atoms with Gasteiger partial charge < -0.3 is 19.3 Å². The summed E-state index contributed by atoms with van der Waals surface area (Å²) in [6, 6.07) is 7.07. The zero-order chi connectivity index (χ0) is 14.2. The number of carboxylic acid groups (broad SMARTS) is 1. The summed E-state index contributed by atoms with van der Waals surface area (Å²) in [7, 11) is 0. The van der Waals surface area contributed by atoms with Crippen molar-refractivity contribution in [2.45, 2.75) is 25.4 Å². The van der Waals surface area contributed by atoms with Crippen molar-refractivity contribution < 1.29 is 24.1 Å². The van der Waals surface area contributed by atoms with Crippen LogP contribution >= 0.6 is 0 Å². The van der Waals surface area contributed by atoms with E-state index in [2.05, 4.69) is 0 Å². The summed E-state index contributed by atoms with van der Waals surface area (Å²) in [5, 5.41) is 8.67. The summed E-state index contributed by atoms with van der Waals surface area (Å²) >= 11 is 0. The predicted molar refractivity (Wildman–Crippen MR) is 73.1 cm³/mol. The number of ether oxygens (including phenoxy) is 3. The van der Waals surface area contributed by atoms with E-state index < -0.39 is 5.97 Å². The normalized spacial score (nSPS) is 18.1. The zero-order valence-corrected chi connectivity index (χ0v) is 11.4. The van der Waals surface area contributed by atoms with Crippen LogP contribution in [-0.4, -0.2) is 43.6 Å². The lowest BCUT2D eigenvalue weighted by molar-refractivity contribution is -0.136. The molecule has 0 saturated carbocycles. The zero-order valence-electron chi connectivity index (χ0n) is 11.4. The van der Waals surface area contributed by atoms with E-state index >= 15 is 0 Å². The van der Waals surface area contributed by atoms with Gasteiger partial charge in [0.2, 0.25) is 0 Å². The molecule has 1 N–H and O–H groups in total. The maximum Gasteiger partial charge on any atom is 0.307 e. The third kappa shape index (κ3) is 5.19. The Morgan fingerprint density at radius 2 is 2.10 bits per heavy atom. The van der Waals surface area contributed by atoms with Crippen LogP contribution in [0.1, 0.15) is 18.4 Å². The fourth-order valence-corrected chi connectivity index (χ4v) is 2.09. The highest BCUT2D eigenvalue weighted by atomic mass is 16.5. The Bertz CT molecular complexity index is 409. The molecule has 1 heterocycles. The van der Waals surface area contributed by atoms with Gasteiger partial charge >= 0.3 is 5.97 Å². The van der Waals surface area contributed by atoms with E-state index in [4.69, 9.17) is 19.3 Å². The second-order valence-corrected chi connectivity index (χ2v) is 4.77. The van der Waals surface area contributed by atoms with Crippen molar-refractivity contribution in [1.29, 1.82) is 0 Å². The minimum absolute atomic E-state index is 0.0325. The number of hydrogen-bond donors (Lipinski definition) is 1. The van der Waals surface area contributed by atoms with Gasteiger partial charge in [-0.15, -0.1) is 0 Å². The van der Waals surface area contributed by atoms with Gasteiger partial charge in [-0.25, -0.2) is 0 Å². The van der Waals surface area contributed by atoms with Crippen molar-refractivity contribution >= 4 is 5.97 Å². The molecule has 5 heteroatoms. The van der Waals surface area contributed by atoms with Gasteiger partial charge in [-0.1, -0.05) is 12.1 Å². The molecule has 1 aliphatic heterocycles. The fourth-order valence-electron chi connectivity index (χ4n) is 2.09. The smallest absolute Gasteiger partial charge is 0.307 e. The SMILES string of the molecule is O=C(O)Cc1ccc(OCCOCC2CCCO2)cc1. The van der Waals surface area contributed by atoms with Crippen LogP contribution in [0.15, 0.2) is 24.3 Å². The molecule has 5 nitrogen and oxygen atoms in total. The molecule has 110 valence electrons. The number of carbonyl (C=O) groups is 1. The van der Waals surface area contributed by atoms with E-state index in [1.54, 1.807) is 24.3 Å². The minimum atomic E-state index is -0.832. The van der Waals surface area contributed by atoms with E-state index in [-0.39, 0.29) is 12.5 Å². The Kier molecular flexibility index (Phi) is 5.83. The van der Waals surface area contributed by atoms with E-state index in [9.17, 15) is 4.79 Å². The summed E-state index contributed by atoms with van der Waals surface area (Å²) in [5.74, 6) is -0.110. The molecule has 20 heavy (non-hydrogen) atoms. The summed E-state index contributed by atoms with van der Waals surface area (Å²) < 4.78 is 16.5. The van der Waals surface area contributed by atoms with E-state index in [1.807, 2.05) is 0 Å². The van der Waals surface area contributed by atoms with Gasteiger partial charge in [-0.3, -0.25) is 4.79 Å². The molecule has 2 rings (SSSR count). The number of carboxylic acids is 1. The highest BCUT2D eigenvalue weighted by molar-refractivity contribution is 5.70. The second kappa shape index (κ2) is 7.87. The fraction of sp³-hybridized carbons (Fsp3) is 0.533. The Hall–Kier alpha value is -1.59. The Balaban J connectivity index is 1.60. The van der Waals surface area contributed by atoms with Crippen LogP contribution in [0.3, 0.4) is 0 Å². The topological polar surface area (TPSA) is 65.0 Å². The number of rotatable bonds is 8. The molecule has 1 aromatic rings. The number of aliphatic carboxylic acids is 1. The van der Waals surface area contributed by atoms with Crippen molar-refractivity contribution in [2.75, 3.05) is 26.4 Å². The summed E-state index contributed by atoms with van der Waals surface area (Å²) in [4.78, 5) is 10.5. The lowest BCUT2D eigenvalue weighted by Gasteiger charge is -2.11. The van der Waals surface area contributed by atoms with Crippen molar-refractivity contribution in [1.82, 2.24) is 0 Å². The van der Waals surface area contributed by atoms with Crippen LogP contribution in [-0.2, 0) is 20.7 Å². The molecule has 1 atom stereocenters. The quantitative estimate of drug-likeness (QED) is 0.737. The second-order valence-electron chi connectivity index (χ2n) is 4.77. The van der Waals surface area contributed by atoms with Crippen molar-refractivity contribution in [3.05, 3.63) is 29.8 Å². The highest BCUT2D eigenvalue weighted by Gasteiger charge is 2.14. The van der Waals surface area contributed by atoms with Gasteiger partial charge in [0.25, 0.3) is 0 Å². The third-order valence-electron chi connectivity index (χ3n) is 3.10.